The van der Waals surface area contributed by atoms with E-state index in [0.29, 0.717) is 42.3 Å². The van der Waals surface area contributed by atoms with Crippen LogP contribution >= 0.6 is 0 Å². The number of piperidine rings is 1. The van der Waals surface area contributed by atoms with Crippen molar-refractivity contribution < 1.29 is 23.5 Å². The summed E-state index contributed by atoms with van der Waals surface area (Å²) in [5.41, 5.74) is 3.09. The first-order chi connectivity index (χ1) is 18.0. The van der Waals surface area contributed by atoms with Gasteiger partial charge in [0.1, 0.15) is 5.69 Å². The maximum Gasteiger partial charge on any atom is 0.320 e. The molecular formula is C26H35F2N7O3. The van der Waals surface area contributed by atoms with Crippen LogP contribution in [-0.4, -0.2) is 85.5 Å². The smallest absolute Gasteiger partial charge is 0.320 e. The van der Waals surface area contributed by atoms with Crippen molar-refractivity contribution in [3.63, 3.8) is 0 Å². The van der Waals surface area contributed by atoms with Gasteiger partial charge in [-0.15, -0.1) is 5.10 Å². The normalized spacial score (nSPS) is 23.4. The Bertz CT molecular complexity index is 1220. The molecule has 2 unspecified atom stereocenters. The van der Waals surface area contributed by atoms with Gasteiger partial charge in [0.05, 0.1) is 48.3 Å². The van der Waals surface area contributed by atoms with Crippen molar-refractivity contribution >= 4 is 17.7 Å². The number of halogens is 2. The fourth-order valence-electron chi connectivity index (χ4n) is 5.82. The second-order valence-corrected chi connectivity index (χ2v) is 11.0. The fraction of sp³-hybridized carbons (Fsp3) is 0.654. The van der Waals surface area contributed by atoms with Gasteiger partial charge in [-0.2, -0.15) is 0 Å². The average molecular weight is 532 g/mol. The van der Waals surface area contributed by atoms with E-state index in [1.54, 1.807) is 28.8 Å². The van der Waals surface area contributed by atoms with E-state index in [4.69, 9.17) is 10.1 Å². The summed E-state index contributed by atoms with van der Waals surface area (Å²) in [6.45, 7) is 2.68. The highest BCUT2D eigenvalue weighted by Crippen LogP contribution is 2.38. The molecule has 0 spiro atoms. The lowest BCUT2D eigenvalue weighted by atomic mass is 9.91. The number of aromatic nitrogens is 4. The Kier molecular flexibility index (Phi) is 6.99. The van der Waals surface area contributed by atoms with E-state index in [1.807, 2.05) is 23.8 Å². The number of anilines is 1. The third-order valence-corrected chi connectivity index (χ3v) is 7.96. The lowest BCUT2D eigenvalue weighted by Gasteiger charge is -2.39. The lowest BCUT2D eigenvalue weighted by Crippen LogP contribution is -2.48. The number of carbonyl (C=O) groups excluding carboxylic acids is 1. The van der Waals surface area contributed by atoms with Crippen LogP contribution in [0.2, 0.25) is 0 Å². The number of carboxylic acids is 1. The molecule has 3 fully saturated rings. The molecule has 0 aromatic carbocycles. The topological polar surface area (TPSA) is 108 Å². The summed E-state index contributed by atoms with van der Waals surface area (Å²) < 4.78 is 30.7. The zero-order valence-electron chi connectivity index (χ0n) is 22.1. The summed E-state index contributed by atoms with van der Waals surface area (Å²) in [6, 6.07) is 3.70. The van der Waals surface area contributed by atoms with Crippen molar-refractivity contribution in [1.82, 2.24) is 29.8 Å². The summed E-state index contributed by atoms with van der Waals surface area (Å²) in [6.07, 6.45) is 3.28. The standard InChI is InChI=1S/C26H35F2N7O3/c1-4-19-21(35-12-17(10-23(36)37)11-26(27,28)15-35)8-7-20(29-19)24-22(33(3)31-30-24)14-34-13-18(9-16-5-6-16)32(2)25(34)38/h7-8,16-18H,4-6,9-15H2,1-3H3,(H,36,37). The number of aliphatic carboxylic acids is 1. The minimum atomic E-state index is -2.98. The van der Waals surface area contributed by atoms with Crippen molar-refractivity contribution in [2.45, 2.75) is 64.0 Å². The predicted octanol–water partition coefficient (Wildman–Crippen LogP) is 3.41. The molecule has 12 heteroatoms. The van der Waals surface area contributed by atoms with E-state index in [9.17, 15) is 18.4 Å². The van der Waals surface area contributed by atoms with Crippen LogP contribution in [0, 0.1) is 11.8 Å². The van der Waals surface area contributed by atoms with E-state index in [2.05, 4.69) is 10.3 Å². The molecule has 2 aromatic rings. The summed E-state index contributed by atoms with van der Waals surface area (Å²) in [4.78, 5) is 34.1. The van der Waals surface area contributed by atoms with Gasteiger partial charge in [-0.3, -0.25) is 4.79 Å². The van der Waals surface area contributed by atoms with Crippen LogP contribution in [0.1, 0.15) is 50.4 Å². The molecule has 38 heavy (non-hydrogen) atoms. The quantitative estimate of drug-likeness (QED) is 0.528. The van der Waals surface area contributed by atoms with E-state index >= 15 is 0 Å². The third-order valence-electron chi connectivity index (χ3n) is 7.96. The Balaban J connectivity index is 1.38. The van der Waals surface area contributed by atoms with Crippen LogP contribution in [0.5, 0.6) is 0 Å². The Morgan fingerprint density at radius 3 is 2.63 bits per heavy atom. The first kappa shape index (κ1) is 26.3. The average Bonchev–Trinajstić information content (AvgIpc) is 3.55. The molecule has 5 rings (SSSR count). The lowest BCUT2D eigenvalue weighted by molar-refractivity contribution is -0.139. The highest BCUT2D eigenvalue weighted by molar-refractivity contribution is 5.77. The molecule has 2 aromatic heterocycles. The highest BCUT2D eigenvalue weighted by Gasteiger charge is 2.42. The minimum Gasteiger partial charge on any atom is -0.481 e. The van der Waals surface area contributed by atoms with Gasteiger partial charge in [0.25, 0.3) is 5.92 Å². The Hall–Kier alpha value is -3.31. The first-order valence-corrected chi connectivity index (χ1v) is 13.3. The summed E-state index contributed by atoms with van der Waals surface area (Å²) in [5.74, 6) is -3.98. The van der Waals surface area contributed by atoms with Crippen molar-refractivity contribution in [2.75, 3.05) is 31.6 Å². The predicted molar refractivity (Wildman–Crippen MR) is 136 cm³/mol. The Morgan fingerprint density at radius 2 is 1.95 bits per heavy atom. The molecule has 4 heterocycles. The van der Waals surface area contributed by atoms with Crippen LogP contribution in [0.4, 0.5) is 19.3 Å². The zero-order valence-corrected chi connectivity index (χ0v) is 22.1. The van der Waals surface area contributed by atoms with Gasteiger partial charge in [-0.05, 0) is 36.8 Å². The van der Waals surface area contributed by atoms with E-state index in [1.165, 1.54) is 12.8 Å². The molecular weight excluding hydrogens is 496 g/mol. The number of carboxylic acid groups (broad SMARTS) is 1. The molecule has 206 valence electrons. The van der Waals surface area contributed by atoms with Gasteiger partial charge >= 0.3 is 12.0 Å². The third kappa shape index (κ3) is 5.44. The summed E-state index contributed by atoms with van der Waals surface area (Å²) in [5, 5.41) is 17.7. The number of amides is 2. The molecule has 2 amide bonds. The van der Waals surface area contributed by atoms with Crippen molar-refractivity contribution in [2.24, 2.45) is 18.9 Å². The monoisotopic (exact) mass is 531 g/mol. The molecule has 1 saturated carbocycles. The number of alkyl halides is 2. The molecule has 0 radical (unpaired) electrons. The van der Waals surface area contributed by atoms with Crippen molar-refractivity contribution in [1.29, 1.82) is 0 Å². The SMILES string of the molecule is CCc1nc(-c2nnn(C)c2CN2CC(CC3CC3)N(C)C2=O)ccc1N1CC(CC(=O)O)CC(F)(F)C1. The molecule has 10 nitrogen and oxygen atoms in total. The molecule has 2 aliphatic heterocycles. The van der Waals surface area contributed by atoms with Crippen LogP contribution in [0.3, 0.4) is 0 Å². The largest absolute Gasteiger partial charge is 0.481 e. The van der Waals surface area contributed by atoms with Gasteiger partial charge < -0.3 is 19.8 Å². The number of aryl methyl sites for hydroxylation is 2. The maximum absolute atomic E-state index is 14.5. The first-order valence-electron chi connectivity index (χ1n) is 13.3. The number of carbonyl (C=O) groups is 2. The van der Waals surface area contributed by atoms with Gasteiger partial charge in [0, 0.05) is 33.6 Å². The molecule has 2 saturated heterocycles. The van der Waals surface area contributed by atoms with Gasteiger partial charge in [-0.1, -0.05) is 25.0 Å². The minimum absolute atomic E-state index is 0.0118. The fourth-order valence-corrected chi connectivity index (χ4v) is 5.82. The van der Waals surface area contributed by atoms with Gasteiger partial charge in [-0.25, -0.2) is 23.2 Å². The number of hydrogen-bond acceptors (Lipinski definition) is 6. The zero-order chi connectivity index (χ0) is 27.2. The number of rotatable bonds is 9. The Labute approximate surface area is 220 Å². The van der Waals surface area contributed by atoms with Gasteiger partial charge in [0.15, 0.2) is 0 Å². The van der Waals surface area contributed by atoms with E-state index < -0.39 is 30.8 Å². The molecule has 1 aliphatic carbocycles. The van der Waals surface area contributed by atoms with E-state index in [-0.39, 0.29) is 25.0 Å². The van der Waals surface area contributed by atoms with Crippen LogP contribution in [0.25, 0.3) is 11.4 Å². The number of urea groups is 1. The van der Waals surface area contributed by atoms with E-state index in [0.717, 1.165) is 18.0 Å². The van der Waals surface area contributed by atoms with Crippen molar-refractivity contribution in [3.05, 3.63) is 23.5 Å². The maximum atomic E-state index is 14.5. The second kappa shape index (κ2) is 10.1. The number of nitrogens with zero attached hydrogens (tertiary/aromatic N) is 7. The van der Waals surface area contributed by atoms with Crippen LogP contribution in [-0.2, 0) is 24.8 Å². The number of likely N-dealkylation sites (N-methyl/N-ethyl adjacent to an activating group) is 1. The molecule has 2 atom stereocenters. The number of pyridine rings is 1. The highest BCUT2D eigenvalue weighted by atomic mass is 19.3. The van der Waals surface area contributed by atoms with Gasteiger partial charge in [0.2, 0.25) is 0 Å². The second-order valence-electron chi connectivity index (χ2n) is 11.0. The summed E-state index contributed by atoms with van der Waals surface area (Å²) in [7, 11) is 3.64. The Morgan fingerprint density at radius 1 is 1.18 bits per heavy atom. The number of hydrogen-bond donors (Lipinski definition) is 1. The van der Waals surface area contributed by atoms with Crippen molar-refractivity contribution in [3.8, 4) is 11.4 Å². The van der Waals surface area contributed by atoms with Crippen LogP contribution < -0.4 is 4.90 Å². The molecule has 0 bridgehead atoms. The molecule has 1 N–H and O–H groups in total. The van der Waals surface area contributed by atoms with Crippen LogP contribution in [0.15, 0.2) is 12.1 Å². The summed E-state index contributed by atoms with van der Waals surface area (Å²) >= 11 is 0. The molecule has 3 aliphatic rings.